The summed E-state index contributed by atoms with van der Waals surface area (Å²) in [6.07, 6.45) is 0. The molecule has 0 unspecified atom stereocenters. The number of aromatic nitrogens is 2. The van der Waals surface area contributed by atoms with E-state index in [1.54, 1.807) is 0 Å². The average Bonchev–Trinajstić information content (AvgIpc) is 3.16. The number of nitrogens with zero attached hydrogens (tertiary/aromatic N) is 3. The maximum absolute atomic E-state index is 11.0. The van der Waals surface area contributed by atoms with Gasteiger partial charge in [0.25, 0.3) is 5.89 Å². The SMILES string of the molecule is O=[N+]([O-])c1cc(Cl)ccc1OCc1nc(-c2cccs2)no1. The number of halogens is 1. The summed E-state index contributed by atoms with van der Waals surface area (Å²) in [6.45, 7) is -0.0686. The van der Waals surface area contributed by atoms with Crippen molar-refractivity contribution in [2.45, 2.75) is 6.61 Å². The van der Waals surface area contributed by atoms with Gasteiger partial charge in [0.15, 0.2) is 12.4 Å². The van der Waals surface area contributed by atoms with Crippen LogP contribution >= 0.6 is 22.9 Å². The molecule has 0 aliphatic carbocycles. The molecule has 0 aliphatic rings. The number of nitro benzene ring substituents is 1. The Morgan fingerprint density at radius 2 is 2.27 bits per heavy atom. The summed E-state index contributed by atoms with van der Waals surface area (Å²) >= 11 is 7.22. The van der Waals surface area contributed by atoms with Gasteiger partial charge in [-0.2, -0.15) is 4.98 Å². The number of nitro groups is 1. The zero-order chi connectivity index (χ0) is 15.5. The number of rotatable bonds is 5. The fraction of sp³-hybridized carbons (Fsp3) is 0.0769. The molecule has 9 heteroatoms. The molecule has 0 bridgehead atoms. The number of hydrogen-bond donors (Lipinski definition) is 0. The summed E-state index contributed by atoms with van der Waals surface area (Å²) < 4.78 is 10.4. The smallest absolute Gasteiger partial charge is 0.312 e. The standard InChI is InChI=1S/C13H8ClN3O4S/c14-8-3-4-10(9(6-8)17(18)19)20-7-12-15-13(16-21-12)11-2-1-5-22-11/h1-6H,7H2. The van der Waals surface area contributed by atoms with Crippen LogP contribution in [0.25, 0.3) is 10.7 Å². The lowest BCUT2D eigenvalue weighted by Crippen LogP contribution is -1.99. The monoisotopic (exact) mass is 337 g/mol. The summed E-state index contributed by atoms with van der Waals surface area (Å²) in [4.78, 5) is 15.4. The Balaban J connectivity index is 1.74. The summed E-state index contributed by atoms with van der Waals surface area (Å²) in [6, 6.07) is 7.90. The minimum atomic E-state index is -0.563. The van der Waals surface area contributed by atoms with E-state index >= 15 is 0 Å². The van der Waals surface area contributed by atoms with E-state index in [1.165, 1.54) is 29.5 Å². The quantitative estimate of drug-likeness (QED) is 0.517. The van der Waals surface area contributed by atoms with Crippen molar-refractivity contribution >= 4 is 28.6 Å². The highest BCUT2D eigenvalue weighted by Crippen LogP contribution is 2.30. The van der Waals surface area contributed by atoms with Crippen molar-refractivity contribution in [2.24, 2.45) is 0 Å². The van der Waals surface area contributed by atoms with Crippen LogP contribution in [0.4, 0.5) is 5.69 Å². The first kappa shape index (κ1) is 14.5. The molecule has 3 aromatic rings. The largest absolute Gasteiger partial charge is 0.477 e. The Morgan fingerprint density at radius 1 is 1.41 bits per heavy atom. The predicted octanol–water partition coefficient (Wildman–Crippen LogP) is 3.94. The van der Waals surface area contributed by atoms with Gasteiger partial charge in [-0.1, -0.05) is 22.8 Å². The van der Waals surface area contributed by atoms with Crippen LogP contribution in [0.15, 0.2) is 40.2 Å². The van der Waals surface area contributed by atoms with Crippen LogP contribution in [0.5, 0.6) is 5.75 Å². The first-order valence-electron chi connectivity index (χ1n) is 6.06. The van der Waals surface area contributed by atoms with Gasteiger partial charge in [0.05, 0.1) is 9.80 Å². The third-order valence-electron chi connectivity index (χ3n) is 2.68. The van der Waals surface area contributed by atoms with E-state index in [9.17, 15) is 10.1 Å². The van der Waals surface area contributed by atoms with E-state index in [2.05, 4.69) is 10.1 Å². The maximum atomic E-state index is 11.0. The molecule has 3 rings (SSSR count). The van der Waals surface area contributed by atoms with Crippen LogP contribution in [0.1, 0.15) is 5.89 Å². The van der Waals surface area contributed by atoms with E-state index in [-0.39, 0.29) is 29.0 Å². The number of benzene rings is 1. The van der Waals surface area contributed by atoms with Crippen molar-refractivity contribution in [1.82, 2.24) is 10.1 Å². The minimum Gasteiger partial charge on any atom is -0.477 e. The molecular formula is C13H8ClN3O4S. The molecule has 0 saturated carbocycles. The Kier molecular flexibility index (Phi) is 4.03. The fourth-order valence-corrected chi connectivity index (χ4v) is 2.53. The average molecular weight is 338 g/mol. The van der Waals surface area contributed by atoms with Gasteiger partial charge in [0, 0.05) is 11.1 Å². The topological polar surface area (TPSA) is 91.3 Å². The van der Waals surface area contributed by atoms with Crippen LogP contribution < -0.4 is 4.74 Å². The molecule has 0 N–H and O–H groups in total. The lowest BCUT2D eigenvalue weighted by molar-refractivity contribution is -0.385. The van der Waals surface area contributed by atoms with Gasteiger partial charge in [-0.25, -0.2) is 0 Å². The Hall–Kier alpha value is -2.45. The molecule has 0 aliphatic heterocycles. The van der Waals surface area contributed by atoms with E-state index in [0.29, 0.717) is 5.82 Å². The van der Waals surface area contributed by atoms with Crippen LogP contribution in [0, 0.1) is 10.1 Å². The summed E-state index contributed by atoms with van der Waals surface area (Å²) in [7, 11) is 0. The van der Waals surface area contributed by atoms with E-state index in [4.69, 9.17) is 20.9 Å². The second-order valence-corrected chi connectivity index (χ2v) is 5.53. The molecule has 0 amide bonds. The second-order valence-electron chi connectivity index (χ2n) is 4.15. The number of ether oxygens (including phenoxy) is 1. The maximum Gasteiger partial charge on any atom is 0.312 e. The van der Waals surface area contributed by atoms with E-state index < -0.39 is 4.92 Å². The Morgan fingerprint density at radius 3 is 3.00 bits per heavy atom. The van der Waals surface area contributed by atoms with E-state index in [1.807, 2.05) is 17.5 Å². The van der Waals surface area contributed by atoms with Crippen molar-refractivity contribution in [1.29, 1.82) is 0 Å². The highest BCUT2D eigenvalue weighted by molar-refractivity contribution is 7.13. The molecule has 2 heterocycles. The molecule has 1 aromatic carbocycles. The van der Waals surface area contributed by atoms with Crippen LogP contribution in [-0.2, 0) is 6.61 Å². The van der Waals surface area contributed by atoms with Crippen molar-refractivity contribution in [3.05, 3.63) is 56.7 Å². The van der Waals surface area contributed by atoms with Crippen LogP contribution in [0.3, 0.4) is 0 Å². The highest BCUT2D eigenvalue weighted by atomic mass is 35.5. The van der Waals surface area contributed by atoms with Gasteiger partial charge in [0.2, 0.25) is 5.82 Å². The molecule has 0 radical (unpaired) electrons. The van der Waals surface area contributed by atoms with Crippen molar-refractivity contribution in [3.63, 3.8) is 0 Å². The molecular weight excluding hydrogens is 330 g/mol. The van der Waals surface area contributed by atoms with Crippen molar-refractivity contribution in [2.75, 3.05) is 0 Å². The molecule has 0 atom stereocenters. The molecule has 2 aromatic heterocycles. The Labute approximate surface area is 133 Å². The van der Waals surface area contributed by atoms with Gasteiger partial charge >= 0.3 is 5.69 Å². The third-order valence-corrected chi connectivity index (χ3v) is 3.78. The van der Waals surface area contributed by atoms with Crippen molar-refractivity contribution < 1.29 is 14.2 Å². The predicted molar refractivity (Wildman–Crippen MR) is 80.0 cm³/mol. The minimum absolute atomic E-state index is 0.0686. The van der Waals surface area contributed by atoms with Gasteiger partial charge < -0.3 is 9.26 Å². The molecule has 112 valence electrons. The lowest BCUT2D eigenvalue weighted by Gasteiger charge is -2.04. The van der Waals surface area contributed by atoms with Gasteiger partial charge in [-0.15, -0.1) is 11.3 Å². The number of thiophene rings is 1. The first-order valence-corrected chi connectivity index (χ1v) is 7.32. The zero-order valence-corrected chi connectivity index (χ0v) is 12.5. The zero-order valence-electron chi connectivity index (χ0n) is 10.9. The van der Waals surface area contributed by atoms with Gasteiger partial charge in [-0.3, -0.25) is 10.1 Å². The van der Waals surface area contributed by atoms with Crippen LogP contribution in [-0.4, -0.2) is 15.1 Å². The van der Waals surface area contributed by atoms with Crippen LogP contribution in [0.2, 0.25) is 5.02 Å². The molecule has 7 nitrogen and oxygen atoms in total. The molecule has 0 spiro atoms. The summed E-state index contributed by atoms with van der Waals surface area (Å²) in [5.74, 6) is 0.775. The van der Waals surface area contributed by atoms with Gasteiger partial charge in [-0.05, 0) is 23.6 Å². The fourth-order valence-electron chi connectivity index (χ4n) is 1.71. The molecule has 0 fully saturated rings. The van der Waals surface area contributed by atoms with Crippen molar-refractivity contribution in [3.8, 4) is 16.5 Å². The normalized spacial score (nSPS) is 10.6. The first-order chi connectivity index (χ1) is 10.6. The second kappa shape index (κ2) is 6.12. The van der Waals surface area contributed by atoms with Gasteiger partial charge in [0.1, 0.15) is 0 Å². The number of hydrogen-bond acceptors (Lipinski definition) is 7. The Bertz CT molecular complexity index is 803. The lowest BCUT2D eigenvalue weighted by atomic mass is 10.3. The summed E-state index contributed by atoms with van der Waals surface area (Å²) in [5.41, 5.74) is -0.217. The highest BCUT2D eigenvalue weighted by Gasteiger charge is 2.17. The summed E-state index contributed by atoms with van der Waals surface area (Å²) in [5, 5.41) is 17.0. The molecule has 22 heavy (non-hydrogen) atoms. The molecule has 0 saturated heterocycles. The third kappa shape index (κ3) is 3.07. The van der Waals surface area contributed by atoms with E-state index in [0.717, 1.165) is 4.88 Å².